The lowest BCUT2D eigenvalue weighted by atomic mass is 9.95. The molecule has 4 atom stereocenters. The number of anilines is 1. The lowest BCUT2D eigenvalue weighted by Crippen LogP contribution is -2.56. The highest BCUT2D eigenvalue weighted by molar-refractivity contribution is 6.03. The second-order valence-corrected chi connectivity index (χ2v) is 14.4. The van der Waals surface area contributed by atoms with Gasteiger partial charge in [-0.15, -0.1) is 6.42 Å². The smallest absolute Gasteiger partial charge is 0.319 e. The number of nitrogens with zero attached hydrogens (tertiary/aromatic N) is 6. The van der Waals surface area contributed by atoms with E-state index in [0.717, 1.165) is 38.3 Å². The summed E-state index contributed by atoms with van der Waals surface area (Å²) in [5.74, 6) is 0.597. The van der Waals surface area contributed by atoms with Crippen LogP contribution in [0.4, 0.5) is 19.0 Å². The lowest BCUT2D eigenvalue weighted by molar-refractivity contribution is -0.134. The summed E-state index contributed by atoms with van der Waals surface area (Å²) < 4.78 is 52.8. The first-order valence-corrected chi connectivity index (χ1v) is 17.9. The predicted molar refractivity (Wildman–Crippen MR) is 192 cm³/mol. The van der Waals surface area contributed by atoms with Gasteiger partial charge in [0, 0.05) is 68.3 Å². The summed E-state index contributed by atoms with van der Waals surface area (Å²) in [5, 5.41) is 14.2. The van der Waals surface area contributed by atoms with Crippen LogP contribution in [0.2, 0.25) is 0 Å². The molecule has 4 saturated heterocycles. The standard InChI is InChI=1S/C39H38F3N7O4/c1-3-27-30(41)9-6-22-14-26(50)15-28(33(22)27)35-34(42)36-29(17-44-35)37(46-38(45-36)53-21-39-11-5-13-48(39)18-23(40)16-39)47-19-24-7-8-25(20-47)49(24)32(52)10-12-43-31(51)4-2/h1,4,6,9,14-15,17,23-25,50H,2,5,7-8,10-13,16,18-21H2,(H,43,51)/t23-,24?,25?,39+/m1/s1. The van der Waals surface area contributed by atoms with E-state index in [4.69, 9.17) is 16.1 Å². The van der Waals surface area contributed by atoms with E-state index in [1.54, 1.807) is 0 Å². The van der Waals surface area contributed by atoms with Gasteiger partial charge in [-0.05, 0) is 61.9 Å². The number of ether oxygens (including phenoxy) is 1. The first-order valence-electron chi connectivity index (χ1n) is 17.9. The van der Waals surface area contributed by atoms with Gasteiger partial charge in [0.2, 0.25) is 11.8 Å². The maximum absolute atomic E-state index is 17.0. The molecule has 0 saturated carbocycles. The third kappa shape index (κ3) is 6.06. The summed E-state index contributed by atoms with van der Waals surface area (Å²) in [6.45, 7) is 5.66. The van der Waals surface area contributed by atoms with Crippen molar-refractivity contribution in [3.05, 3.63) is 60.3 Å². The van der Waals surface area contributed by atoms with Crippen LogP contribution in [0.5, 0.6) is 11.8 Å². The number of pyridine rings is 1. The molecule has 4 aliphatic heterocycles. The van der Waals surface area contributed by atoms with Crippen LogP contribution >= 0.6 is 0 Å². The number of aromatic hydroxyl groups is 1. The summed E-state index contributed by atoms with van der Waals surface area (Å²) in [4.78, 5) is 44.7. The van der Waals surface area contributed by atoms with Crippen molar-refractivity contribution in [2.24, 2.45) is 0 Å². The minimum atomic E-state index is -0.972. The fraction of sp³-hybridized carbons (Fsp3) is 0.410. The van der Waals surface area contributed by atoms with E-state index >= 15 is 4.39 Å². The maximum Gasteiger partial charge on any atom is 0.319 e. The largest absolute Gasteiger partial charge is 0.508 e. The first-order chi connectivity index (χ1) is 25.6. The number of carbonyl (C=O) groups excluding carboxylic acids is 2. The maximum atomic E-state index is 17.0. The molecule has 53 heavy (non-hydrogen) atoms. The number of nitrogens with one attached hydrogen (secondary N) is 1. The van der Waals surface area contributed by atoms with E-state index in [2.05, 4.69) is 32.7 Å². The predicted octanol–water partition coefficient (Wildman–Crippen LogP) is 4.64. The molecule has 4 aliphatic rings. The minimum absolute atomic E-state index is 0.0698. The van der Waals surface area contributed by atoms with Crippen LogP contribution in [-0.2, 0) is 9.59 Å². The van der Waals surface area contributed by atoms with Gasteiger partial charge in [-0.1, -0.05) is 18.6 Å². The van der Waals surface area contributed by atoms with Crippen LogP contribution in [0.25, 0.3) is 32.9 Å². The average Bonchev–Trinajstić information content (AvgIpc) is 3.76. The Morgan fingerprint density at radius 3 is 2.72 bits per heavy atom. The molecule has 4 fully saturated rings. The highest BCUT2D eigenvalue weighted by Crippen LogP contribution is 2.42. The number of piperazine rings is 1. The van der Waals surface area contributed by atoms with Gasteiger partial charge in [-0.25, -0.2) is 13.2 Å². The third-order valence-electron chi connectivity index (χ3n) is 11.2. The Morgan fingerprint density at radius 2 is 1.96 bits per heavy atom. The lowest BCUT2D eigenvalue weighted by Gasteiger charge is -2.42. The van der Waals surface area contributed by atoms with E-state index in [0.29, 0.717) is 42.6 Å². The molecule has 274 valence electrons. The van der Waals surface area contributed by atoms with Gasteiger partial charge < -0.3 is 25.0 Å². The molecule has 2 amide bonds. The van der Waals surface area contributed by atoms with Crippen LogP contribution < -0.4 is 15.0 Å². The molecule has 2 N–H and O–H groups in total. The zero-order valence-corrected chi connectivity index (χ0v) is 29.0. The van der Waals surface area contributed by atoms with Crippen LogP contribution in [0.3, 0.4) is 0 Å². The monoisotopic (exact) mass is 725 g/mol. The fourth-order valence-corrected chi connectivity index (χ4v) is 8.89. The Morgan fingerprint density at radius 1 is 1.17 bits per heavy atom. The van der Waals surface area contributed by atoms with Gasteiger partial charge in [0.05, 0.1) is 16.5 Å². The summed E-state index contributed by atoms with van der Waals surface area (Å²) in [6.07, 6.45) is 11.0. The number of halogens is 3. The quantitative estimate of drug-likeness (QED) is 0.188. The Hall–Kier alpha value is -5.42. The van der Waals surface area contributed by atoms with Crippen LogP contribution in [-0.4, -0.2) is 105 Å². The number of alkyl halides is 1. The average molecular weight is 726 g/mol. The van der Waals surface area contributed by atoms with Crippen LogP contribution in [0.15, 0.2) is 43.1 Å². The van der Waals surface area contributed by atoms with Gasteiger partial charge in [0.25, 0.3) is 0 Å². The summed E-state index contributed by atoms with van der Waals surface area (Å²) in [7, 11) is 0. The van der Waals surface area contributed by atoms with E-state index in [1.807, 2.05) is 9.80 Å². The summed E-state index contributed by atoms with van der Waals surface area (Å²) >= 11 is 0. The summed E-state index contributed by atoms with van der Waals surface area (Å²) in [5.41, 5.74) is -0.826. The molecular formula is C39H38F3N7O4. The number of amides is 2. The molecule has 11 nitrogen and oxygen atoms in total. The van der Waals surface area contributed by atoms with Crippen molar-refractivity contribution in [2.75, 3.05) is 44.2 Å². The van der Waals surface area contributed by atoms with E-state index in [1.165, 1.54) is 30.5 Å². The number of terminal acetylenes is 1. The number of phenols is 1. The molecule has 2 aromatic carbocycles. The number of rotatable bonds is 9. The van der Waals surface area contributed by atoms with E-state index < -0.39 is 23.3 Å². The zero-order chi connectivity index (χ0) is 37.0. The molecule has 8 rings (SSSR count). The van der Waals surface area contributed by atoms with E-state index in [9.17, 15) is 23.5 Å². The minimum Gasteiger partial charge on any atom is -0.508 e. The summed E-state index contributed by atoms with van der Waals surface area (Å²) in [6, 6.07) is 4.96. The fourth-order valence-electron chi connectivity index (χ4n) is 8.89. The van der Waals surface area contributed by atoms with Gasteiger partial charge >= 0.3 is 6.01 Å². The molecule has 4 aromatic rings. The highest BCUT2D eigenvalue weighted by atomic mass is 19.1. The number of hydrogen-bond donors (Lipinski definition) is 2. The van der Waals surface area contributed by atoms with Crippen LogP contribution in [0, 0.1) is 24.0 Å². The SMILES string of the molecule is C#Cc1c(F)ccc2cc(O)cc(-c3ncc4c(N5CC6CCC(C5)N6C(=O)CCNC(=O)C=C)nc(OC[C@@]56CCCN5C[C@H](F)C6)nc4c3F)c12. The molecule has 2 aromatic heterocycles. The number of aromatic nitrogens is 3. The van der Waals surface area contributed by atoms with Crippen molar-refractivity contribution in [3.8, 4) is 35.4 Å². The number of fused-ring (bicyclic) bond motifs is 5. The zero-order valence-electron chi connectivity index (χ0n) is 29.0. The van der Waals surface area contributed by atoms with Crippen molar-refractivity contribution < 1.29 is 32.6 Å². The van der Waals surface area contributed by atoms with Gasteiger partial charge in [-0.3, -0.25) is 19.5 Å². The topological polar surface area (TPSA) is 124 Å². The number of phenolic OH excluding ortho intramolecular Hbond substituents is 1. The van der Waals surface area contributed by atoms with Gasteiger partial charge in [0.15, 0.2) is 5.82 Å². The molecular weight excluding hydrogens is 687 g/mol. The van der Waals surface area contributed by atoms with Crippen LogP contribution in [0.1, 0.15) is 44.1 Å². The van der Waals surface area contributed by atoms with Crippen molar-refractivity contribution in [1.29, 1.82) is 0 Å². The van der Waals surface area contributed by atoms with Crippen molar-refractivity contribution in [2.45, 2.75) is 62.3 Å². The normalized spacial score (nSPS) is 23.7. The van der Waals surface area contributed by atoms with E-state index in [-0.39, 0.29) is 83.0 Å². The van der Waals surface area contributed by atoms with Crippen molar-refractivity contribution >= 4 is 39.3 Å². The second kappa shape index (κ2) is 13.5. The first kappa shape index (κ1) is 34.7. The Kier molecular flexibility index (Phi) is 8.84. The van der Waals surface area contributed by atoms with Gasteiger partial charge in [-0.2, -0.15) is 9.97 Å². The number of carbonyl (C=O) groups is 2. The Balaban J connectivity index is 1.19. The van der Waals surface area contributed by atoms with Crippen molar-refractivity contribution in [1.82, 2.24) is 30.1 Å². The Bertz CT molecular complexity index is 2200. The molecule has 14 heteroatoms. The molecule has 6 heterocycles. The molecule has 2 bridgehead atoms. The third-order valence-corrected chi connectivity index (χ3v) is 11.2. The Labute approximate surface area is 303 Å². The highest BCUT2D eigenvalue weighted by Gasteiger charge is 2.49. The van der Waals surface area contributed by atoms with Gasteiger partial charge in [0.1, 0.15) is 41.4 Å². The molecule has 0 spiro atoms. The second-order valence-electron chi connectivity index (χ2n) is 14.4. The number of benzene rings is 2. The number of hydrogen-bond acceptors (Lipinski definition) is 9. The molecule has 0 radical (unpaired) electrons. The molecule has 0 aliphatic carbocycles. The van der Waals surface area contributed by atoms with Crippen molar-refractivity contribution in [3.63, 3.8) is 0 Å². The molecule has 2 unspecified atom stereocenters.